The fraction of sp³-hybridized carbons (Fsp3) is 0.200. The van der Waals surface area contributed by atoms with Gasteiger partial charge in [-0.2, -0.15) is 0 Å². The summed E-state index contributed by atoms with van der Waals surface area (Å²) < 4.78 is 30.2. The molecule has 0 bridgehead atoms. The van der Waals surface area contributed by atoms with Gasteiger partial charge in [0.15, 0.2) is 0 Å². The van der Waals surface area contributed by atoms with Crippen molar-refractivity contribution in [2.24, 2.45) is 0 Å². The van der Waals surface area contributed by atoms with E-state index in [1.165, 1.54) is 22.8 Å². The highest BCUT2D eigenvalue weighted by atomic mass is 35.5. The van der Waals surface area contributed by atoms with Crippen LogP contribution in [0.1, 0.15) is 19.4 Å². The number of aromatic nitrogens is 2. The van der Waals surface area contributed by atoms with Gasteiger partial charge in [-0.25, -0.2) is 13.2 Å². The number of amides is 1. The third kappa shape index (κ3) is 4.38. The lowest BCUT2D eigenvalue weighted by molar-refractivity contribution is -0.115. The third-order valence-electron chi connectivity index (χ3n) is 5.65. The molecule has 1 heterocycles. The molecule has 1 N–H and O–H groups in total. The molecule has 0 spiro atoms. The number of benzene rings is 3. The van der Waals surface area contributed by atoms with Crippen LogP contribution in [0.25, 0.3) is 11.0 Å². The molecule has 0 atom stereocenters. The van der Waals surface area contributed by atoms with Crippen molar-refractivity contribution in [2.75, 3.05) is 5.32 Å². The Morgan fingerprint density at radius 2 is 1.50 bits per heavy atom. The zero-order valence-corrected chi connectivity index (χ0v) is 20.4. The lowest BCUT2D eigenvalue weighted by atomic mass is 10.1. The first-order valence-electron chi connectivity index (χ1n) is 10.9. The summed E-state index contributed by atoms with van der Waals surface area (Å²) in [6.07, 6.45) is 0.0383. The van der Waals surface area contributed by atoms with Crippen molar-refractivity contribution < 1.29 is 13.2 Å². The number of imidazole rings is 1. The molecule has 0 aliphatic carbocycles. The molecule has 34 heavy (non-hydrogen) atoms. The van der Waals surface area contributed by atoms with Crippen LogP contribution in [0.15, 0.2) is 81.3 Å². The van der Waals surface area contributed by atoms with Crippen LogP contribution in [-0.4, -0.2) is 23.5 Å². The van der Waals surface area contributed by atoms with Crippen LogP contribution in [0.4, 0.5) is 5.69 Å². The van der Waals surface area contributed by atoms with Crippen LogP contribution in [0.3, 0.4) is 0 Å². The van der Waals surface area contributed by atoms with E-state index < -0.39 is 9.84 Å². The van der Waals surface area contributed by atoms with Gasteiger partial charge in [0.25, 0.3) is 0 Å². The number of hydrogen-bond donors (Lipinski definition) is 1. The summed E-state index contributed by atoms with van der Waals surface area (Å²) in [5.41, 5.74) is 1.69. The van der Waals surface area contributed by atoms with E-state index in [-0.39, 0.29) is 33.5 Å². The Morgan fingerprint density at radius 3 is 2.09 bits per heavy atom. The number of sulfone groups is 1. The van der Waals surface area contributed by atoms with Gasteiger partial charge in [-0.1, -0.05) is 41.9 Å². The van der Waals surface area contributed by atoms with E-state index >= 15 is 0 Å². The van der Waals surface area contributed by atoms with E-state index in [0.717, 1.165) is 5.56 Å². The summed E-state index contributed by atoms with van der Waals surface area (Å²) in [6, 6.07) is 17.9. The average Bonchev–Trinajstić information content (AvgIpc) is 3.09. The van der Waals surface area contributed by atoms with Gasteiger partial charge in [0.05, 0.1) is 32.9 Å². The fourth-order valence-corrected chi connectivity index (χ4v) is 5.54. The zero-order chi connectivity index (χ0) is 24.5. The number of nitrogens with zero attached hydrogens (tertiary/aromatic N) is 2. The highest BCUT2D eigenvalue weighted by Crippen LogP contribution is 2.32. The molecule has 0 unspecified atom stereocenters. The molecular weight excluding hydrogens is 474 g/mol. The molecular formula is C25H24ClN3O4S. The molecule has 1 aromatic heterocycles. The predicted molar refractivity (Wildman–Crippen MR) is 133 cm³/mol. The van der Waals surface area contributed by atoms with E-state index in [4.69, 9.17) is 11.6 Å². The van der Waals surface area contributed by atoms with Crippen LogP contribution < -0.4 is 11.0 Å². The number of halogens is 1. The minimum absolute atomic E-state index is 0.0383. The predicted octanol–water partition coefficient (Wildman–Crippen LogP) is 4.51. The normalized spacial score (nSPS) is 11.6. The summed E-state index contributed by atoms with van der Waals surface area (Å²) in [4.78, 5) is 25.8. The summed E-state index contributed by atoms with van der Waals surface area (Å²) in [7, 11) is -3.98. The van der Waals surface area contributed by atoms with Crippen molar-refractivity contribution in [1.29, 1.82) is 0 Å². The van der Waals surface area contributed by atoms with Crippen molar-refractivity contribution in [1.82, 2.24) is 9.13 Å². The number of carbonyl (C=O) groups is 1. The number of fused-ring (bicyclic) bond motifs is 1. The quantitative estimate of drug-likeness (QED) is 0.406. The number of hydrogen-bond acceptors (Lipinski definition) is 4. The summed E-state index contributed by atoms with van der Waals surface area (Å²) >= 11 is 5.92. The minimum Gasteiger partial charge on any atom is -0.325 e. The second kappa shape index (κ2) is 9.48. The first-order valence-corrected chi connectivity index (χ1v) is 12.7. The van der Waals surface area contributed by atoms with Crippen molar-refractivity contribution in [3.63, 3.8) is 0 Å². The molecule has 0 saturated heterocycles. The molecule has 3 aromatic carbocycles. The number of rotatable bonds is 7. The van der Waals surface area contributed by atoms with Crippen LogP contribution >= 0.6 is 11.6 Å². The van der Waals surface area contributed by atoms with Crippen LogP contribution in [-0.2, 0) is 34.1 Å². The topological polar surface area (TPSA) is 90.2 Å². The summed E-state index contributed by atoms with van der Waals surface area (Å²) in [5, 5.41) is 3.32. The second-order valence-corrected chi connectivity index (χ2v) is 10.1. The number of aryl methyl sites for hydroxylation is 2. The number of carbonyl (C=O) groups excluding carboxylic acids is 1. The lowest BCUT2D eigenvalue weighted by Gasteiger charge is -2.14. The summed E-state index contributed by atoms with van der Waals surface area (Å²) in [5.74, 6) is -0.383. The maximum Gasteiger partial charge on any atom is 0.329 e. The van der Waals surface area contributed by atoms with E-state index in [1.54, 1.807) is 53.1 Å². The Kier molecular flexibility index (Phi) is 6.63. The molecule has 4 rings (SSSR count). The van der Waals surface area contributed by atoms with Gasteiger partial charge >= 0.3 is 5.69 Å². The minimum atomic E-state index is -3.98. The Bertz CT molecular complexity index is 1520. The van der Waals surface area contributed by atoms with Gasteiger partial charge in [-0.15, -0.1) is 0 Å². The Labute approximate surface area is 202 Å². The molecule has 0 aliphatic rings. The van der Waals surface area contributed by atoms with Crippen LogP contribution in [0.5, 0.6) is 0 Å². The molecule has 0 radical (unpaired) electrons. The van der Waals surface area contributed by atoms with Gasteiger partial charge in [0.1, 0.15) is 0 Å². The van der Waals surface area contributed by atoms with E-state index in [2.05, 4.69) is 5.32 Å². The standard InChI is InChI=1S/C25H24ClN3O4S/c1-3-28-21-15-20(27-24(30)14-17-10-12-18(26)13-11-17)23(16-22(21)29(4-2)25(28)31)34(32,33)19-8-6-5-7-9-19/h5-13,15-16H,3-4,14H2,1-2H3,(H,27,30). The Balaban J connectivity index is 1.87. The molecule has 9 heteroatoms. The van der Waals surface area contributed by atoms with Gasteiger partial charge in [-0.05, 0) is 55.8 Å². The van der Waals surface area contributed by atoms with E-state index in [1.807, 2.05) is 13.8 Å². The molecule has 176 valence electrons. The van der Waals surface area contributed by atoms with Gasteiger partial charge in [0, 0.05) is 18.1 Å². The van der Waals surface area contributed by atoms with Gasteiger partial charge < -0.3 is 5.32 Å². The van der Waals surface area contributed by atoms with Gasteiger partial charge in [-0.3, -0.25) is 13.9 Å². The SMILES string of the molecule is CCn1c(=O)n(CC)c2cc(S(=O)(=O)c3ccccc3)c(NC(=O)Cc3ccc(Cl)cc3)cc21. The highest BCUT2D eigenvalue weighted by molar-refractivity contribution is 7.91. The monoisotopic (exact) mass is 497 g/mol. The molecule has 0 aliphatic heterocycles. The van der Waals surface area contributed by atoms with Crippen molar-refractivity contribution >= 4 is 44.1 Å². The smallest absolute Gasteiger partial charge is 0.325 e. The molecule has 4 aromatic rings. The molecule has 7 nitrogen and oxygen atoms in total. The fourth-order valence-electron chi connectivity index (χ4n) is 3.98. The second-order valence-electron chi connectivity index (χ2n) is 7.78. The van der Waals surface area contributed by atoms with Crippen molar-refractivity contribution in [2.45, 2.75) is 43.1 Å². The van der Waals surface area contributed by atoms with Crippen LogP contribution in [0.2, 0.25) is 5.02 Å². The largest absolute Gasteiger partial charge is 0.329 e. The van der Waals surface area contributed by atoms with Gasteiger partial charge in [0.2, 0.25) is 15.7 Å². The molecule has 0 fully saturated rings. The zero-order valence-electron chi connectivity index (χ0n) is 18.8. The number of anilines is 1. The maximum atomic E-state index is 13.6. The first kappa shape index (κ1) is 23.8. The Hall–Kier alpha value is -3.36. The highest BCUT2D eigenvalue weighted by Gasteiger charge is 2.25. The van der Waals surface area contributed by atoms with Crippen molar-refractivity contribution in [3.05, 3.63) is 87.8 Å². The molecule has 0 saturated carbocycles. The van der Waals surface area contributed by atoms with Crippen molar-refractivity contribution in [3.8, 4) is 0 Å². The van der Waals surface area contributed by atoms with E-state index in [9.17, 15) is 18.0 Å². The lowest BCUT2D eigenvalue weighted by Crippen LogP contribution is -2.23. The third-order valence-corrected chi connectivity index (χ3v) is 7.71. The van der Waals surface area contributed by atoms with Crippen LogP contribution in [0, 0.1) is 0 Å². The summed E-state index contributed by atoms with van der Waals surface area (Å²) in [6.45, 7) is 4.46. The Morgan fingerprint density at radius 1 is 0.912 bits per heavy atom. The molecule has 1 amide bonds. The number of nitrogens with one attached hydrogen (secondary N) is 1. The average molecular weight is 498 g/mol. The maximum absolute atomic E-state index is 13.6. The van der Waals surface area contributed by atoms with E-state index in [0.29, 0.717) is 29.1 Å². The first-order chi connectivity index (χ1) is 16.3.